The first kappa shape index (κ1) is 15.5. The average Bonchev–Trinajstić information content (AvgIpc) is 2.52. The molecule has 3 aromatic rings. The molecule has 0 spiro atoms. The summed E-state index contributed by atoms with van der Waals surface area (Å²) < 4.78 is 0. The van der Waals surface area contributed by atoms with Gasteiger partial charge in [0.25, 0.3) is 0 Å². The lowest BCUT2D eigenvalue weighted by molar-refractivity contribution is 1.14. The van der Waals surface area contributed by atoms with Crippen molar-refractivity contribution in [1.29, 1.82) is 0 Å². The monoisotopic (exact) mass is 342 g/mol. The fourth-order valence-corrected chi connectivity index (χ4v) is 2.57. The van der Waals surface area contributed by atoms with Crippen molar-refractivity contribution in [2.24, 2.45) is 0 Å². The van der Waals surface area contributed by atoms with Gasteiger partial charge in [-0.2, -0.15) is 0 Å². The van der Waals surface area contributed by atoms with Gasteiger partial charge in [-0.25, -0.2) is 0 Å². The van der Waals surface area contributed by atoms with Gasteiger partial charge in [-0.15, -0.1) is 0 Å². The Morgan fingerprint density at radius 1 is 1.13 bits per heavy atom. The van der Waals surface area contributed by atoms with Crippen LogP contribution in [0.25, 0.3) is 10.9 Å². The maximum atomic E-state index is 5.99. The molecule has 0 aliphatic rings. The Bertz CT molecular complexity index is 866. The van der Waals surface area contributed by atoms with E-state index in [4.69, 9.17) is 23.8 Å². The molecule has 116 valence electrons. The van der Waals surface area contributed by atoms with Gasteiger partial charge in [-0.3, -0.25) is 15.8 Å². The summed E-state index contributed by atoms with van der Waals surface area (Å²) >= 11 is 11.3. The third-order valence-electron chi connectivity index (χ3n) is 3.29. The summed E-state index contributed by atoms with van der Waals surface area (Å²) in [6.45, 7) is 2.04. The third-order valence-corrected chi connectivity index (χ3v) is 3.73. The third kappa shape index (κ3) is 3.88. The number of benzene rings is 2. The van der Waals surface area contributed by atoms with Crippen LogP contribution in [0.1, 0.15) is 5.56 Å². The van der Waals surface area contributed by atoms with E-state index in [0.29, 0.717) is 10.1 Å². The van der Waals surface area contributed by atoms with Crippen molar-refractivity contribution in [3.05, 3.63) is 65.3 Å². The van der Waals surface area contributed by atoms with Gasteiger partial charge < -0.3 is 5.32 Å². The molecule has 0 unspecified atom stereocenters. The summed E-state index contributed by atoms with van der Waals surface area (Å²) in [6, 6.07) is 15.5. The number of nitrogens with zero attached hydrogens (tertiary/aromatic N) is 1. The average molecular weight is 343 g/mol. The molecule has 0 atom stereocenters. The molecule has 6 heteroatoms. The predicted molar refractivity (Wildman–Crippen MR) is 101 cm³/mol. The van der Waals surface area contributed by atoms with E-state index < -0.39 is 0 Å². The molecule has 1 heterocycles. The minimum Gasteiger partial charge on any atom is -0.331 e. The van der Waals surface area contributed by atoms with Crippen molar-refractivity contribution < 1.29 is 0 Å². The second kappa shape index (κ2) is 6.81. The van der Waals surface area contributed by atoms with Gasteiger partial charge >= 0.3 is 0 Å². The van der Waals surface area contributed by atoms with Crippen molar-refractivity contribution in [3.8, 4) is 0 Å². The number of hydrogen-bond acceptors (Lipinski definition) is 3. The topological polar surface area (TPSA) is 49.0 Å². The van der Waals surface area contributed by atoms with Crippen molar-refractivity contribution >= 4 is 51.2 Å². The van der Waals surface area contributed by atoms with Crippen LogP contribution in [0.15, 0.2) is 54.7 Å². The van der Waals surface area contributed by atoms with Gasteiger partial charge in [0.15, 0.2) is 5.11 Å². The molecule has 0 aliphatic carbocycles. The molecule has 0 amide bonds. The highest BCUT2D eigenvalue weighted by Crippen LogP contribution is 2.23. The smallest absolute Gasteiger partial charge is 0.189 e. The highest BCUT2D eigenvalue weighted by atomic mass is 35.5. The Kier molecular flexibility index (Phi) is 4.60. The number of hydrazine groups is 1. The number of pyridine rings is 1. The molecular weight excluding hydrogens is 328 g/mol. The van der Waals surface area contributed by atoms with E-state index in [1.165, 1.54) is 5.56 Å². The summed E-state index contributed by atoms with van der Waals surface area (Å²) in [4.78, 5) is 4.31. The molecule has 4 nitrogen and oxygen atoms in total. The zero-order valence-corrected chi connectivity index (χ0v) is 14.0. The molecule has 1 aromatic heterocycles. The van der Waals surface area contributed by atoms with Crippen LogP contribution in [0.4, 0.5) is 11.4 Å². The number of nitrogens with one attached hydrogen (secondary N) is 3. The first-order chi connectivity index (χ1) is 11.1. The zero-order chi connectivity index (χ0) is 16.2. The van der Waals surface area contributed by atoms with Crippen molar-refractivity contribution in [2.75, 3.05) is 10.7 Å². The number of anilines is 2. The van der Waals surface area contributed by atoms with E-state index in [9.17, 15) is 0 Å². The number of halogens is 1. The van der Waals surface area contributed by atoms with Crippen molar-refractivity contribution in [2.45, 2.75) is 6.92 Å². The quantitative estimate of drug-likeness (QED) is 0.483. The fraction of sp³-hybridized carbons (Fsp3) is 0.0588. The Balaban J connectivity index is 1.69. The van der Waals surface area contributed by atoms with E-state index in [1.807, 2.05) is 55.5 Å². The SMILES string of the molecule is Cc1cccc(NC(=S)NNc2ccnc3cc(Cl)ccc23)c1. The lowest BCUT2D eigenvalue weighted by atomic mass is 10.2. The molecular formula is C17H15ClN4S. The summed E-state index contributed by atoms with van der Waals surface area (Å²) in [5.74, 6) is 0. The maximum absolute atomic E-state index is 5.99. The van der Waals surface area contributed by atoms with E-state index in [2.05, 4.69) is 21.2 Å². The Labute approximate surface area is 144 Å². The van der Waals surface area contributed by atoms with E-state index in [-0.39, 0.29) is 0 Å². The fourth-order valence-electron chi connectivity index (χ4n) is 2.24. The standard InChI is InChI=1S/C17H15ClN4S/c1-11-3-2-4-13(9-11)20-17(23)22-21-15-7-8-19-16-10-12(18)5-6-14(15)16/h2-10H,1H3,(H,19,21)(H2,20,22,23). The van der Waals surface area contributed by atoms with Crippen molar-refractivity contribution in [3.63, 3.8) is 0 Å². The first-order valence-corrected chi connectivity index (χ1v) is 7.84. The molecule has 0 radical (unpaired) electrons. The minimum absolute atomic E-state index is 0.481. The summed E-state index contributed by atoms with van der Waals surface area (Å²) in [6.07, 6.45) is 1.72. The number of hydrogen-bond donors (Lipinski definition) is 3. The van der Waals surface area contributed by atoms with Crippen LogP contribution in [0.5, 0.6) is 0 Å². The Morgan fingerprint density at radius 3 is 2.83 bits per heavy atom. The van der Waals surface area contributed by atoms with E-state index >= 15 is 0 Å². The normalized spacial score (nSPS) is 10.3. The van der Waals surface area contributed by atoms with Crippen molar-refractivity contribution in [1.82, 2.24) is 10.4 Å². The maximum Gasteiger partial charge on any atom is 0.189 e. The van der Waals surface area contributed by atoms with Gasteiger partial charge in [0.05, 0.1) is 11.2 Å². The van der Waals surface area contributed by atoms with E-state index in [0.717, 1.165) is 22.3 Å². The van der Waals surface area contributed by atoms with Gasteiger partial charge in [-0.05, 0) is 61.1 Å². The highest BCUT2D eigenvalue weighted by Gasteiger charge is 2.03. The van der Waals surface area contributed by atoms with Crippen LogP contribution >= 0.6 is 23.8 Å². The van der Waals surface area contributed by atoms with Gasteiger partial charge in [0.1, 0.15) is 0 Å². The van der Waals surface area contributed by atoms with Crippen LogP contribution in [-0.4, -0.2) is 10.1 Å². The zero-order valence-electron chi connectivity index (χ0n) is 12.4. The van der Waals surface area contributed by atoms with E-state index in [1.54, 1.807) is 6.20 Å². The highest BCUT2D eigenvalue weighted by molar-refractivity contribution is 7.80. The summed E-state index contributed by atoms with van der Waals surface area (Å²) in [5, 5.41) is 5.23. The lowest BCUT2D eigenvalue weighted by Gasteiger charge is -2.14. The molecule has 3 rings (SSSR count). The van der Waals surface area contributed by atoms with Gasteiger partial charge in [-0.1, -0.05) is 23.7 Å². The van der Waals surface area contributed by atoms with Crippen LogP contribution in [0, 0.1) is 6.92 Å². The lowest BCUT2D eigenvalue weighted by Crippen LogP contribution is -2.33. The molecule has 0 aliphatic heterocycles. The molecule has 0 bridgehead atoms. The largest absolute Gasteiger partial charge is 0.331 e. The van der Waals surface area contributed by atoms with Gasteiger partial charge in [0, 0.05) is 22.3 Å². The van der Waals surface area contributed by atoms with Crippen LogP contribution in [-0.2, 0) is 0 Å². The predicted octanol–water partition coefficient (Wildman–Crippen LogP) is 4.51. The van der Waals surface area contributed by atoms with Crippen LogP contribution in [0.2, 0.25) is 5.02 Å². The number of aromatic nitrogens is 1. The molecule has 0 fully saturated rings. The molecule has 0 saturated heterocycles. The second-order valence-electron chi connectivity index (χ2n) is 5.09. The second-order valence-corrected chi connectivity index (χ2v) is 5.94. The molecule has 2 aromatic carbocycles. The van der Waals surface area contributed by atoms with Crippen LogP contribution in [0.3, 0.4) is 0 Å². The number of thiocarbonyl (C=S) groups is 1. The summed E-state index contributed by atoms with van der Waals surface area (Å²) in [5.41, 5.74) is 9.89. The summed E-state index contributed by atoms with van der Waals surface area (Å²) in [7, 11) is 0. The van der Waals surface area contributed by atoms with Crippen LogP contribution < -0.4 is 16.2 Å². The Hall–Kier alpha value is -2.37. The number of aryl methyl sites for hydroxylation is 1. The first-order valence-electron chi connectivity index (χ1n) is 7.06. The van der Waals surface area contributed by atoms with Gasteiger partial charge in [0.2, 0.25) is 0 Å². The number of fused-ring (bicyclic) bond motifs is 1. The molecule has 3 N–H and O–H groups in total. The molecule has 0 saturated carbocycles. The molecule has 23 heavy (non-hydrogen) atoms. The Morgan fingerprint density at radius 2 is 2.00 bits per heavy atom. The minimum atomic E-state index is 0.481. The number of rotatable bonds is 3.